The predicted octanol–water partition coefficient (Wildman–Crippen LogP) is 7.29. The summed E-state index contributed by atoms with van der Waals surface area (Å²) in [5.74, 6) is 2.78. The van der Waals surface area contributed by atoms with Gasteiger partial charge >= 0.3 is 0 Å². The third-order valence-corrected chi connectivity index (χ3v) is 7.63. The molecule has 0 aliphatic heterocycles. The van der Waals surface area contributed by atoms with E-state index < -0.39 is 5.60 Å². The van der Waals surface area contributed by atoms with E-state index in [-0.39, 0.29) is 11.3 Å². The Labute approximate surface area is 187 Å². The first kappa shape index (κ1) is 21.7. The van der Waals surface area contributed by atoms with Gasteiger partial charge in [-0.15, -0.1) is 6.42 Å². The van der Waals surface area contributed by atoms with Gasteiger partial charge in [0.2, 0.25) is 0 Å². The molecule has 0 heterocycles. The van der Waals surface area contributed by atoms with E-state index in [0.29, 0.717) is 6.42 Å². The van der Waals surface area contributed by atoms with E-state index in [1.54, 1.807) is 0 Å². The highest BCUT2D eigenvalue weighted by Gasteiger charge is 2.62. The normalized spacial score (nSPS) is 27.2. The van der Waals surface area contributed by atoms with Crippen LogP contribution in [-0.4, -0.2) is 10.7 Å². The van der Waals surface area contributed by atoms with Crippen LogP contribution in [0, 0.1) is 23.7 Å². The highest BCUT2D eigenvalue weighted by atomic mass is 16.3. The monoisotopic (exact) mass is 410 g/mol. The van der Waals surface area contributed by atoms with Gasteiger partial charge in [0.25, 0.3) is 0 Å². The Kier molecular flexibility index (Phi) is 6.22. The Morgan fingerprint density at radius 1 is 1.03 bits per heavy atom. The van der Waals surface area contributed by atoms with Gasteiger partial charge in [-0.3, -0.25) is 0 Å². The molecule has 1 saturated carbocycles. The third kappa shape index (κ3) is 3.68. The van der Waals surface area contributed by atoms with Crippen LogP contribution in [0.15, 0.2) is 72.8 Å². The second kappa shape index (κ2) is 8.89. The number of fused-ring (bicyclic) bond motifs is 1. The van der Waals surface area contributed by atoms with Crippen molar-refractivity contribution in [2.24, 2.45) is 11.3 Å². The van der Waals surface area contributed by atoms with Gasteiger partial charge in [-0.05, 0) is 54.4 Å². The maximum atomic E-state index is 11.5. The zero-order valence-corrected chi connectivity index (χ0v) is 18.7. The largest absolute Gasteiger partial charge is 0.377 e. The minimum atomic E-state index is -1.08. The second-order valence-electron chi connectivity index (χ2n) is 9.30. The van der Waals surface area contributed by atoms with Gasteiger partial charge in [0.15, 0.2) is 0 Å². The van der Waals surface area contributed by atoms with Crippen LogP contribution in [0.4, 0.5) is 0 Å². The summed E-state index contributed by atoms with van der Waals surface area (Å²) in [5.41, 5.74) is 4.97. The van der Waals surface area contributed by atoms with Crippen molar-refractivity contribution in [2.75, 3.05) is 0 Å². The molecule has 2 aromatic carbocycles. The maximum absolute atomic E-state index is 11.5. The fourth-order valence-corrected chi connectivity index (χ4v) is 6.09. The topological polar surface area (TPSA) is 20.2 Å². The molecule has 1 fully saturated rings. The van der Waals surface area contributed by atoms with Crippen molar-refractivity contribution < 1.29 is 5.11 Å². The van der Waals surface area contributed by atoms with Crippen LogP contribution < -0.4 is 0 Å². The summed E-state index contributed by atoms with van der Waals surface area (Å²) >= 11 is 0. The van der Waals surface area contributed by atoms with E-state index in [2.05, 4.69) is 74.0 Å². The molecule has 0 spiro atoms. The van der Waals surface area contributed by atoms with Crippen molar-refractivity contribution in [1.29, 1.82) is 0 Å². The van der Waals surface area contributed by atoms with E-state index in [9.17, 15) is 5.11 Å². The lowest BCUT2D eigenvalue weighted by atomic mass is 9.65. The number of benzene rings is 2. The van der Waals surface area contributed by atoms with Gasteiger partial charge < -0.3 is 5.11 Å². The Hall–Kier alpha value is -2.56. The lowest BCUT2D eigenvalue weighted by Crippen LogP contribution is -2.37. The number of rotatable bonds is 8. The quantitative estimate of drug-likeness (QED) is 0.358. The number of terminal acetylenes is 1. The van der Waals surface area contributed by atoms with E-state index >= 15 is 0 Å². The fourth-order valence-electron chi connectivity index (χ4n) is 6.09. The molecule has 4 rings (SSSR count). The summed E-state index contributed by atoms with van der Waals surface area (Å²) in [5, 5.41) is 11.5. The van der Waals surface area contributed by atoms with Crippen LogP contribution in [0.25, 0.3) is 11.1 Å². The molecular weight excluding hydrogens is 376 g/mol. The van der Waals surface area contributed by atoms with Crippen LogP contribution in [0.2, 0.25) is 0 Å². The zero-order chi connectivity index (χ0) is 21.9. The van der Waals surface area contributed by atoms with Crippen LogP contribution in [-0.2, 0) is 0 Å². The molecule has 0 radical (unpaired) electrons. The van der Waals surface area contributed by atoms with Gasteiger partial charge in [0, 0.05) is 11.3 Å². The van der Waals surface area contributed by atoms with Crippen molar-refractivity contribution in [3.05, 3.63) is 83.9 Å². The minimum absolute atomic E-state index is 0.0194. The Morgan fingerprint density at radius 3 is 2.35 bits per heavy atom. The molecule has 0 bridgehead atoms. The molecule has 2 aliphatic carbocycles. The molecule has 1 N–H and O–H groups in total. The van der Waals surface area contributed by atoms with E-state index in [4.69, 9.17) is 6.42 Å². The molecule has 0 amide bonds. The number of allylic oxidation sites excluding steroid dienone is 3. The molecule has 1 heteroatoms. The molecule has 3 atom stereocenters. The molecule has 0 aromatic heterocycles. The number of hydrogen-bond donors (Lipinski definition) is 1. The van der Waals surface area contributed by atoms with Gasteiger partial charge in [-0.25, -0.2) is 0 Å². The highest BCUT2D eigenvalue weighted by Crippen LogP contribution is 2.68. The lowest BCUT2D eigenvalue weighted by molar-refractivity contribution is 0.0507. The zero-order valence-electron chi connectivity index (χ0n) is 18.7. The first-order valence-electron chi connectivity index (χ1n) is 11.8. The molecule has 2 aromatic rings. The van der Waals surface area contributed by atoms with E-state index in [1.165, 1.54) is 42.4 Å². The first-order chi connectivity index (χ1) is 15.1. The average molecular weight is 411 g/mol. The number of aliphatic hydroxyl groups is 1. The summed E-state index contributed by atoms with van der Waals surface area (Å²) in [7, 11) is 0. The standard InChI is InChI=1S/C30H34O/c1-4-6-7-10-19-26-22-27-29(31,5-2)20-21-30(27,23(3)24-15-11-8-12-16-24)28(26)25-17-13-9-14-18-25/h2,8-9,11-18,27,31H,3-4,6-7,10,19-22H2,1H3. The van der Waals surface area contributed by atoms with Gasteiger partial charge in [-0.1, -0.05) is 105 Å². The van der Waals surface area contributed by atoms with Gasteiger partial charge in [0.05, 0.1) is 0 Å². The molecular formula is C30H34O. The van der Waals surface area contributed by atoms with Crippen LogP contribution in [0.1, 0.15) is 69.4 Å². The van der Waals surface area contributed by atoms with Crippen molar-refractivity contribution in [3.8, 4) is 12.3 Å². The molecule has 0 saturated heterocycles. The second-order valence-corrected chi connectivity index (χ2v) is 9.30. The number of unbranched alkanes of at least 4 members (excludes halogenated alkanes) is 3. The van der Waals surface area contributed by atoms with Crippen molar-refractivity contribution in [3.63, 3.8) is 0 Å². The predicted molar refractivity (Wildman–Crippen MR) is 131 cm³/mol. The minimum Gasteiger partial charge on any atom is -0.377 e. The van der Waals surface area contributed by atoms with Crippen molar-refractivity contribution in [2.45, 2.75) is 63.9 Å². The van der Waals surface area contributed by atoms with Crippen molar-refractivity contribution >= 4 is 11.1 Å². The SMILES string of the molecule is C#CC1(O)CCC2(C(=C)c3ccccc3)C(c3ccccc3)=C(CCCCCC)CC12. The molecule has 1 nitrogen and oxygen atoms in total. The van der Waals surface area contributed by atoms with Crippen LogP contribution in [0.3, 0.4) is 0 Å². The molecule has 31 heavy (non-hydrogen) atoms. The van der Waals surface area contributed by atoms with Gasteiger partial charge in [-0.2, -0.15) is 0 Å². The molecule has 3 unspecified atom stereocenters. The lowest BCUT2D eigenvalue weighted by Gasteiger charge is -2.38. The molecule has 160 valence electrons. The van der Waals surface area contributed by atoms with E-state index in [0.717, 1.165) is 30.4 Å². The van der Waals surface area contributed by atoms with E-state index in [1.807, 2.05) is 6.07 Å². The van der Waals surface area contributed by atoms with Gasteiger partial charge in [0.1, 0.15) is 5.60 Å². The summed E-state index contributed by atoms with van der Waals surface area (Å²) in [6.07, 6.45) is 14.3. The van der Waals surface area contributed by atoms with Crippen LogP contribution >= 0.6 is 0 Å². The fraction of sp³-hybridized carbons (Fsp3) is 0.400. The smallest absolute Gasteiger partial charge is 0.129 e. The average Bonchev–Trinajstić information content (AvgIpc) is 3.30. The summed E-state index contributed by atoms with van der Waals surface area (Å²) < 4.78 is 0. The number of hydrogen-bond acceptors (Lipinski definition) is 1. The van der Waals surface area contributed by atoms with Crippen molar-refractivity contribution in [1.82, 2.24) is 0 Å². The summed E-state index contributed by atoms with van der Waals surface area (Å²) in [4.78, 5) is 0. The highest BCUT2D eigenvalue weighted by molar-refractivity contribution is 5.90. The Morgan fingerprint density at radius 2 is 1.71 bits per heavy atom. The third-order valence-electron chi connectivity index (χ3n) is 7.63. The first-order valence-corrected chi connectivity index (χ1v) is 11.8. The Balaban J connectivity index is 1.86. The van der Waals surface area contributed by atoms with Crippen LogP contribution in [0.5, 0.6) is 0 Å². The maximum Gasteiger partial charge on any atom is 0.129 e. The summed E-state index contributed by atoms with van der Waals surface area (Å²) in [6, 6.07) is 21.2. The summed E-state index contributed by atoms with van der Waals surface area (Å²) in [6.45, 7) is 6.90. The molecule has 2 aliphatic rings. The Bertz CT molecular complexity index is 994.